The molecule has 1 aliphatic rings. The maximum atomic E-state index is 12.6. The van der Waals surface area contributed by atoms with E-state index in [1.807, 2.05) is 56.0 Å². The molecule has 0 bridgehead atoms. The van der Waals surface area contributed by atoms with E-state index in [1.165, 1.54) is 0 Å². The predicted octanol–water partition coefficient (Wildman–Crippen LogP) is 1.89. The molecule has 2 rings (SSSR count). The smallest absolute Gasteiger partial charge is 0.253 e. The van der Waals surface area contributed by atoms with Crippen molar-refractivity contribution in [3.63, 3.8) is 0 Å². The summed E-state index contributed by atoms with van der Waals surface area (Å²) in [4.78, 5) is 29.0. The lowest BCUT2D eigenvalue weighted by molar-refractivity contribution is -0.128. The first-order valence-electron chi connectivity index (χ1n) is 9.10. The van der Waals surface area contributed by atoms with Gasteiger partial charge in [-0.05, 0) is 31.9 Å². The third-order valence-electron chi connectivity index (χ3n) is 5.32. The highest BCUT2D eigenvalue weighted by molar-refractivity contribution is 5.94. The number of piperazine rings is 1. The second-order valence-corrected chi connectivity index (χ2v) is 7.33. The van der Waals surface area contributed by atoms with Crippen LogP contribution in [0.1, 0.15) is 38.1 Å². The first kappa shape index (κ1) is 19.9. The van der Waals surface area contributed by atoms with Gasteiger partial charge in [0.2, 0.25) is 5.91 Å². The highest BCUT2D eigenvalue weighted by Crippen LogP contribution is 2.17. The normalized spacial score (nSPS) is 18.7. The second-order valence-electron chi connectivity index (χ2n) is 7.33. The van der Waals surface area contributed by atoms with Crippen LogP contribution in [-0.2, 0) is 4.79 Å². The molecule has 2 atom stereocenters. The van der Waals surface area contributed by atoms with Crippen LogP contribution in [0.4, 0.5) is 0 Å². The van der Waals surface area contributed by atoms with Crippen LogP contribution in [0.3, 0.4) is 0 Å². The molecule has 0 spiro atoms. The Morgan fingerprint density at radius 1 is 1.12 bits per heavy atom. The molecule has 1 heterocycles. The highest BCUT2D eigenvalue weighted by atomic mass is 16.2. The molecular weight excluding hydrogens is 328 g/mol. The van der Waals surface area contributed by atoms with E-state index in [0.717, 1.165) is 0 Å². The molecule has 2 amide bonds. The van der Waals surface area contributed by atoms with Crippen molar-refractivity contribution >= 4 is 11.8 Å². The van der Waals surface area contributed by atoms with Crippen LogP contribution < -0.4 is 5.32 Å². The van der Waals surface area contributed by atoms with Gasteiger partial charge in [-0.2, -0.15) is 5.26 Å². The number of hydrogen-bond acceptors (Lipinski definition) is 4. The zero-order valence-electron chi connectivity index (χ0n) is 16.0. The molecule has 0 radical (unpaired) electrons. The maximum Gasteiger partial charge on any atom is 0.253 e. The number of nitrogens with zero attached hydrogens (tertiary/aromatic N) is 3. The van der Waals surface area contributed by atoms with Crippen LogP contribution in [0.2, 0.25) is 0 Å². The van der Waals surface area contributed by atoms with Gasteiger partial charge in [0.25, 0.3) is 5.91 Å². The van der Waals surface area contributed by atoms with E-state index in [-0.39, 0.29) is 23.8 Å². The monoisotopic (exact) mass is 356 g/mol. The number of hydrogen-bond donors (Lipinski definition) is 1. The van der Waals surface area contributed by atoms with Crippen molar-refractivity contribution in [3.05, 3.63) is 35.9 Å². The Hall–Kier alpha value is -2.39. The second kappa shape index (κ2) is 8.33. The van der Waals surface area contributed by atoms with E-state index in [0.29, 0.717) is 31.7 Å². The average molecular weight is 356 g/mol. The highest BCUT2D eigenvalue weighted by Gasteiger charge is 2.34. The lowest BCUT2D eigenvalue weighted by atomic mass is 9.89. The van der Waals surface area contributed by atoms with E-state index in [9.17, 15) is 14.9 Å². The SMILES string of the molecule is CC(C)[C@@](C)(C#N)NC(=O)[C@H](C)N1CCN(C(=O)c2ccccc2)CC1. The summed E-state index contributed by atoms with van der Waals surface area (Å²) < 4.78 is 0. The van der Waals surface area contributed by atoms with Gasteiger partial charge in [-0.1, -0.05) is 32.0 Å². The van der Waals surface area contributed by atoms with Crippen molar-refractivity contribution in [2.45, 2.75) is 39.3 Å². The molecule has 6 nitrogen and oxygen atoms in total. The minimum Gasteiger partial charge on any atom is -0.336 e. The summed E-state index contributed by atoms with van der Waals surface area (Å²) in [5.74, 6) is -0.103. The summed E-state index contributed by atoms with van der Waals surface area (Å²) in [7, 11) is 0. The minimum absolute atomic E-state index is 0.0176. The largest absolute Gasteiger partial charge is 0.336 e. The molecule has 1 aromatic carbocycles. The Labute approximate surface area is 155 Å². The fourth-order valence-electron chi connectivity index (χ4n) is 2.90. The van der Waals surface area contributed by atoms with E-state index in [4.69, 9.17) is 0 Å². The molecule has 0 unspecified atom stereocenters. The van der Waals surface area contributed by atoms with Crippen LogP contribution in [0.5, 0.6) is 0 Å². The Balaban J connectivity index is 1.92. The van der Waals surface area contributed by atoms with Crippen LogP contribution in [0, 0.1) is 17.2 Å². The molecule has 0 saturated carbocycles. The molecule has 1 N–H and O–H groups in total. The Kier molecular flexibility index (Phi) is 6.38. The van der Waals surface area contributed by atoms with E-state index in [2.05, 4.69) is 16.3 Å². The number of amides is 2. The standard InChI is InChI=1S/C20H28N4O2/c1-15(2)20(4,14-21)22-18(25)16(3)23-10-12-24(13-11-23)19(26)17-8-6-5-7-9-17/h5-9,15-16H,10-13H2,1-4H3,(H,22,25)/t16-,20+/m0/s1. The average Bonchev–Trinajstić information content (AvgIpc) is 2.67. The van der Waals surface area contributed by atoms with Crippen LogP contribution in [0.25, 0.3) is 0 Å². The lowest BCUT2D eigenvalue weighted by Gasteiger charge is -2.38. The van der Waals surface area contributed by atoms with Crippen molar-refractivity contribution < 1.29 is 9.59 Å². The van der Waals surface area contributed by atoms with Crippen molar-refractivity contribution in [2.75, 3.05) is 26.2 Å². The summed E-state index contributed by atoms with van der Waals surface area (Å²) in [5.41, 5.74) is -0.190. The number of nitriles is 1. The van der Waals surface area contributed by atoms with E-state index in [1.54, 1.807) is 6.92 Å². The van der Waals surface area contributed by atoms with Gasteiger partial charge in [-0.25, -0.2) is 0 Å². The van der Waals surface area contributed by atoms with Gasteiger partial charge in [0.15, 0.2) is 0 Å². The van der Waals surface area contributed by atoms with Crippen molar-refractivity contribution in [2.24, 2.45) is 5.92 Å². The van der Waals surface area contributed by atoms with Gasteiger partial charge in [0, 0.05) is 31.7 Å². The third kappa shape index (κ3) is 4.41. The fourth-order valence-corrected chi connectivity index (χ4v) is 2.90. The summed E-state index contributed by atoms with van der Waals surface area (Å²) in [6, 6.07) is 11.1. The molecule has 26 heavy (non-hydrogen) atoms. The van der Waals surface area contributed by atoms with E-state index < -0.39 is 5.54 Å². The molecule has 0 aromatic heterocycles. The van der Waals surface area contributed by atoms with Gasteiger partial charge < -0.3 is 10.2 Å². The Morgan fingerprint density at radius 3 is 2.19 bits per heavy atom. The molecule has 1 fully saturated rings. The number of rotatable bonds is 5. The summed E-state index contributed by atoms with van der Waals surface area (Å²) >= 11 is 0. The topological polar surface area (TPSA) is 76.4 Å². The number of carbonyl (C=O) groups is 2. The summed E-state index contributed by atoms with van der Waals surface area (Å²) in [5, 5.41) is 12.3. The molecular formula is C20H28N4O2. The van der Waals surface area contributed by atoms with Crippen molar-refractivity contribution in [3.8, 4) is 6.07 Å². The first-order valence-corrected chi connectivity index (χ1v) is 9.10. The quantitative estimate of drug-likeness (QED) is 0.874. The van der Waals surface area contributed by atoms with Crippen LogP contribution >= 0.6 is 0 Å². The number of carbonyl (C=O) groups excluding carboxylic acids is 2. The molecule has 1 aromatic rings. The van der Waals surface area contributed by atoms with Crippen molar-refractivity contribution in [1.82, 2.24) is 15.1 Å². The third-order valence-corrected chi connectivity index (χ3v) is 5.32. The molecule has 0 aliphatic carbocycles. The van der Waals surface area contributed by atoms with Crippen molar-refractivity contribution in [1.29, 1.82) is 5.26 Å². The predicted molar refractivity (Wildman–Crippen MR) is 100 cm³/mol. The van der Waals surface area contributed by atoms with Gasteiger partial charge in [0.05, 0.1) is 12.1 Å². The number of benzene rings is 1. The van der Waals surface area contributed by atoms with E-state index >= 15 is 0 Å². The van der Waals surface area contributed by atoms with Crippen LogP contribution in [0.15, 0.2) is 30.3 Å². The maximum absolute atomic E-state index is 12.6. The molecule has 1 aliphatic heterocycles. The van der Waals surface area contributed by atoms with Gasteiger partial charge >= 0.3 is 0 Å². The first-order chi connectivity index (χ1) is 12.3. The van der Waals surface area contributed by atoms with Gasteiger partial charge in [0.1, 0.15) is 5.54 Å². The summed E-state index contributed by atoms with van der Waals surface area (Å²) in [6.45, 7) is 9.89. The van der Waals surface area contributed by atoms with Crippen LogP contribution in [-0.4, -0.2) is 59.4 Å². The zero-order chi connectivity index (χ0) is 19.3. The zero-order valence-corrected chi connectivity index (χ0v) is 16.0. The lowest BCUT2D eigenvalue weighted by Crippen LogP contribution is -2.58. The Morgan fingerprint density at radius 2 is 1.69 bits per heavy atom. The molecule has 1 saturated heterocycles. The van der Waals surface area contributed by atoms with Gasteiger partial charge in [-0.3, -0.25) is 14.5 Å². The molecule has 140 valence electrons. The van der Waals surface area contributed by atoms with Gasteiger partial charge in [-0.15, -0.1) is 0 Å². The molecule has 6 heteroatoms. The number of nitrogens with one attached hydrogen (secondary N) is 1. The Bertz CT molecular complexity index is 675. The minimum atomic E-state index is -0.879. The summed E-state index contributed by atoms with van der Waals surface area (Å²) in [6.07, 6.45) is 0. The fraction of sp³-hybridized carbons (Fsp3) is 0.550.